The van der Waals surface area contributed by atoms with Gasteiger partial charge in [0.1, 0.15) is 6.04 Å². The fraction of sp³-hybridized carbons (Fsp3) is 0.417. The molecule has 0 heterocycles. The lowest BCUT2D eigenvalue weighted by Crippen LogP contribution is -2.28. The zero-order chi connectivity index (χ0) is 11.3. The number of anilines is 1. The molecule has 15 heavy (non-hydrogen) atoms. The molecule has 0 bridgehead atoms. The molecule has 0 spiro atoms. The molecule has 1 aromatic rings. The Kier molecular flexibility index (Phi) is 4.16. The van der Waals surface area contributed by atoms with Gasteiger partial charge in [-0.3, -0.25) is 0 Å². The maximum absolute atomic E-state index is 11.4. The van der Waals surface area contributed by atoms with E-state index in [1.807, 2.05) is 31.2 Å². The average Bonchev–Trinajstić information content (AvgIpc) is 2.21. The summed E-state index contributed by atoms with van der Waals surface area (Å²) >= 11 is 0. The summed E-state index contributed by atoms with van der Waals surface area (Å²) in [6, 6.07) is 7.54. The molecule has 0 unspecified atom stereocenters. The maximum atomic E-state index is 11.4. The van der Waals surface area contributed by atoms with Gasteiger partial charge in [-0.25, -0.2) is 4.79 Å². The number of hydrogen-bond donors (Lipinski definition) is 1. The highest BCUT2D eigenvalue weighted by Gasteiger charge is 2.13. The van der Waals surface area contributed by atoms with Crippen LogP contribution in [0.1, 0.15) is 19.4 Å². The monoisotopic (exact) mass is 207 g/mol. The van der Waals surface area contributed by atoms with Crippen molar-refractivity contribution in [3.05, 3.63) is 29.8 Å². The number of aryl methyl sites for hydroxylation is 1. The number of para-hydroxylation sites is 1. The van der Waals surface area contributed by atoms with Crippen LogP contribution in [0.4, 0.5) is 5.69 Å². The molecule has 82 valence electrons. The fourth-order valence-electron chi connectivity index (χ4n) is 1.29. The van der Waals surface area contributed by atoms with Crippen molar-refractivity contribution in [3.8, 4) is 0 Å². The molecule has 0 aliphatic heterocycles. The number of carbonyl (C=O) groups excluding carboxylic acids is 1. The van der Waals surface area contributed by atoms with Crippen LogP contribution in [-0.2, 0) is 9.53 Å². The van der Waals surface area contributed by atoms with Crippen molar-refractivity contribution in [2.45, 2.75) is 26.8 Å². The predicted molar refractivity (Wildman–Crippen MR) is 60.9 cm³/mol. The Morgan fingerprint density at radius 2 is 2.13 bits per heavy atom. The Balaban J connectivity index is 2.62. The van der Waals surface area contributed by atoms with Gasteiger partial charge in [-0.1, -0.05) is 18.2 Å². The molecule has 1 N–H and O–H groups in total. The second-order valence-electron chi connectivity index (χ2n) is 3.43. The van der Waals surface area contributed by atoms with E-state index >= 15 is 0 Å². The highest BCUT2D eigenvalue weighted by atomic mass is 16.5. The molecular weight excluding hydrogens is 190 g/mol. The minimum absolute atomic E-state index is 0.222. The molecular formula is C12H17NO2. The van der Waals surface area contributed by atoms with Crippen molar-refractivity contribution < 1.29 is 9.53 Å². The molecule has 1 rings (SSSR count). The molecule has 3 heteroatoms. The van der Waals surface area contributed by atoms with Gasteiger partial charge in [-0.15, -0.1) is 0 Å². The van der Waals surface area contributed by atoms with Crippen LogP contribution in [-0.4, -0.2) is 18.6 Å². The lowest BCUT2D eigenvalue weighted by molar-refractivity contribution is -0.143. The summed E-state index contributed by atoms with van der Waals surface area (Å²) in [4.78, 5) is 11.4. The summed E-state index contributed by atoms with van der Waals surface area (Å²) in [6.45, 7) is 6.02. The minimum atomic E-state index is -0.314. The smallest absolute Gasteiger partial charge is 0.328 e. The molecule has 0 amide bonds. The Bertz CT molecular complexity index is 336. The number of ether oxygens (including phenoxy) is 1. The SMILES string of the molecule is CCOC(=O)[C@@H](C)Nc1ccccc1C. The van der Waals surface area contributed by atoms with Crippen LogP contribution in [0.15, 0.2) is 24.3 Å². The molecule has 0 saturated heterocycles. The summed E-state index contributed by atoms with van der Waals surface area (Å²) in [5.41, 5.74) is 2.09. The third-order valence-electron chi connectivity index (χ3n) is 2.16. The van der Waals surface area contributed by atoms with Gasteiger partial charge in [0, 0.05) is 5.69 Å². The van der Waals surface area contributed by atoms with Crippen LogP contribution in [0.2, 0.25) is 0 Å². The molecule has 0 aromatic heterocycles. The van der Waals surface area contributed by atoms with Crippen LogP contribution < -0.4 is 5.32 Å². The molecule has 0 aliphatic rings. The van der Waals surface area contributed by atoms with Crippen molar-refractivity contribution in [3.63, 3.8) is 0 Å². The second kappa shape index (κ2) is 5.39. The van der Waals surface area contributed by atoms with E-state index in [4.69, 9.17) is 4.74 Å². The Morgan fingerprint density at radius 3 is 2.73 bits per heavy atom. The molecule has 0 aliphatic carbocycles. The van der Waals surface area contributed by atoms with E-state index in [0.717, 1.165) is 11.3 Å². The first-order chi connectivity index (χ1) is 7.15. The van der Waals surface area contributed by atoms with Gasteiger partial charge >= 0.3 is 5.97 Å². The zero-order valence-corrected chi connectivity index (χ0v) is 9.41. The van der Waals surface area contributed by atoms with Crippen LogP contribution in [0.5, 0.6) is 0 Å². The topological polar surface area (TPSA) is 38.3 Å². The van der Waals surface area contributed by atoms with E-state index in [1.165, 1.54) is 0 Å². The molecule has 1 aromatic carbocycles. The zero-order valence-electron chi connectivity index (χ0n) is 9.41. The largest absolute Gasteiger partial charge is 0.464 e. The lowest BCUT2D eigenvalue weighted by Gasteiger charge is -2.15. The van der Waals surface area contributed by atoms with Gasteiger partial charge in [-0.05, 0) is 32.4 Å². The molecule has 0 radical (unpaired) electrons. The van der Waals surface area contributed by atoms with Gasteiger partial charge in [0.05, 0.1) is 6.61 Å². The third kappa shape index (κ3) is 3.27. The predicted octanol–water partition coefficient (Wildman–Crippen LogP) is 2.36. The van der Waals surface area contributed by atoms with E-state index in [0.29, 0.717) is 6.61 Å². The second-order valence-corrected chi connectivity index (χ2v) is 3.43. The van der Waals surface area contributed by atoms with Crippen molar-refractivity contribution in [2.75, 3.05) is 11.9 Å². The first-order valence-corrected chi connectivity index (χ1v) is 5.14. The summed E-state index contributed by atoms with van der Waals surface area (Å²) in [5, 5.41) is 3.12. The number of nitrogens with one attached hydrogen (secondary N) is 1. The van der Waals surface area contributed by atoms with Gasteiger partial charge in [0.15, 0.2) is 0 Å². The summed E-state index contributed by atoms with van der Waals surface area (Å²) in [6.07, 6.45) is 0. The highest BCUT2D eigenvalue weighted by molar-refractivity contribution is 5.79. The van der Waals surface area contributed by atoms with Gasteiger partial charge in [0.25, 0.3) is 0 Å². The average molecular weight is 207 g/mol. The van der Waals surface area contributed by atoms with E-state index in [9.17, 15) is 4.79 Å². The van der Waals surface area contributed by atoms with E-state index < -0.39 is 0 Å². The standard InChI is InChI=1S/C12H17NO2/c1-4-15-12(14)10(3)13-11-8-6-5-7-9(11)2/h5-8,10,13H,4H2,1-3H3/t10-/m1/s1. The molecule has 0 fully saturated rings. The van der Waals surface area contributed by atoms with Gasteiger partial charge in [-0.2, -0.15) is 0 Å². The number of benzene rings is 1. The van der Waals surface area contributed by atoms with E-state index in [-0.39, 0.29) is 12.0 Å². The number of esters is 1. The van der Waals surface area contributed by atoms with E-state index in [1.54, 1.807) is 13.8 Å². The maximum Gasteiger partial charge on any atom is 0.328 e. The Morgan fingerprint density at radius 1 is 1.47 bits per heavy atom. The minimum Gasteiger partial charge on any atom is -0.464 e. The summed E-state index contributed by atoms with van der Waals surface area (Å²) < 4.78 is 4.91. The van der Waals surface area contributed by atoms with Crippen molar-refractivity contribution in [2.24, 2.45) is 0 Å². The number of rotatable bonds is 4. The first kappa shape index (κ1) is 11.6. The third-order valence-corrected chi connectivity index (χ3v) is 2.16. The van der Waals surface area contributed by atoms with Crippen molar-refractivity contribution in [1.82, 2.24) is 0 Å². The number of hydrogen-bond acceptors (Lipinski definition) is 3. The van der Waals surface area contributed by atoms with Crippen LogP contribution in [0.3, 0.4) is 0 Å². The van der Waals surface area contributed by atoms with Crippen molar-refractivity contribution in [1.29, 1.82) is 0 Å². The first-order valence-electron chi connectivity index (χ1n) is 5.14. The van der Waals surface area contributed by atoms with Crippen LogP contribution >= 0.6 is 0 Å². The van der Waals surface area contributed by atoms with Crippen molar-refractivity contribution >= 4 is 11.7 Å². The molecule has 1 atom stereocenters. The van der Waals surface area contributed by atoms with E-state index in [2.05, 4.69) is 5.32 Å². The van der Waals surface area contributed by atoms with Crippen LogP contribution in [0.25, 0.3) is 0 Å². The summed E-state index contributed by atoms with van der Waals surface area (Å²) in [5.74, 6) is -0.222. The summed E-state index contributed by atoms with van der Waals surface area (Å²) in [7, 11) is 0. The quantitative estimate of drug-likeness (QED) is 0.770. The van der Waals surface area contributed by atoms with Crippen LogP contribution in [0, 0.1) is 6.92 Å². The Hall–Kier alpha value is -1.51. The fourth-order valence-corrected chi connectivity index (χ4v) is 1.29. The molecule has 3 nitrogen and oxygen atoms in total. The highest BCUT2D eigenvalue weighted by Crippen LogP contribution is 2.14. The normalized spacial score (nSPS) is 11.9. The Labute approximate surface area is 90.4 Å². The van der Waals surface area contributed by atoms with Gasteiger partial charge in [0.2, 0.25) is 0 Å². The lowest BCUT2D eigenvalue weighted by atomic mass is 10.2. The van der Waals surface area contributed by atoms with Gasteiger partial charge < -0.3 is 10.1 Å². The number of carbonyl (C=O) groups is 1. The molecule has 0 saturated carbocycles.